The number of hydrogen-bond donors (Lipinski definition) is 1. The number of aromatic nitrogens is 1. The molecule has 1 unspecified atom stereocenters. The Kier molecular flexibility index (Phi) is 7.41. The lowest BCUT2D eigenvalue weighted by atomic mass is 10.1. The van der Waals surface area contributed by atoms with Crippen LogP contribution in [0.25, 0.3) is 0 Å². The largest absolute Gasteiger partial charge is 0.474 e. The summed E-state index contributed by atoms with van der Waals surface area (Å²) in [6, 6.07) is 9.33. The van der Waals surface area contributed by atoms with Gasteiger partial charge in [-0.2, -0.15) is 4.31 Å². The third-order valence-electron chi connectivity index (χ3n) is 5.01. The van der Waals surface area contributed by atoms with Gasteiger partial charge in [0.15, 0.2) is 0 Å². The number of pyridine rings is 1. The van der Waals surface area contributed by atoms with Crippen LogP contribution in [0.1, 0.15) is 36.5 Å². The number of carbonyl (C=O) groups is 1. The monoisotopic (exact) mass is 433 g/mol. The Hall–Kier alpha value is -2.49. The Bertz CT molecular complexity index is 963. The number of hydrogen-bond acceptors (Lipinski definition) is 6. The van der Waals surface area contributed by atoms with E-state index in [1.165, 1.54) is 24.3 Å². The Balaban J connectivity index is 1.72. The molecule has 1 aromatic carbocycles. The van der Waals surface area contributed by atoms with Crippen molar-refractivity contribution in [3.05, 3.63) is 48.2 Å². The van der Waals surface area contributed by atoms with Gasteiger partial charge in [-0.1, -0.05) is 6.42 Å². The molecule has 2 aromatic rings. The minimum Gasteiger partial charge on any atom is -0.474 e. The molecule has 8 nitrogen and oxygen atoms in total. The number of nitrogens with one attached hydrogen (secondary N) is 1. The number of ether oxygens (including phenoxy) is 2. The molecular formula is C21H27N3O5S. The van der Waals surface area contributed by atoms with Gasteiger partial charge in [0.05, 0.1) is 11.5 Å². The zero-order valence-electron chi connectivity index (χ0n) is 17.2. The van der Waals surface area contributed by atoms with Crippen LogP contribution in [0.5, 0.6) is 5.88 Å². The van der Waals surface area contributed by atoms with Crippen molar-refractivity contribution in [1.29, 1.82) is 0 Å². The van der Waals surface area contributed by atoms with Crippen LogP contribution in [0.3, 0.4) is 0 Å². The van der Waals surface area contributed by atoms with E-state index in [-0.39, 0.29) is 16.8 Å². The average molecular weight is 434 g/mol. The molecule has 1 saturated heterocycles. The lowest BCUT2D eigenvalue weighted by molar-refractivity contribution is 0.102. The van der Waals surface area contributed by atoms with Crippen LogP contribution in [-0.2, 0) is 14.8 Å². The highest BCUT2D eigenvalue weighted by molar-refractivity contribution is 7.89. The molecule has 1 aromatic heterocycles. The number of benzene rings is 1. The van der Waals surface area contributed by atoms with Crippen molar-refractivity contribution in [2.24, 2.45) is 0 Å². The third-order valence-corrected chi connectivity index (χ3v) is 7.04. The maximum atomic E-state index is 12.9. The van der Waals surface area contributed by atoms with Crippen molar-refractivity contribution in [3.63, 3.8) is 0 Å². The van der Waals surface area contributed by atoms with Gasteiger partial charge < -0.3 is 14.8 Å². The van der Waals surface area contributed by atoms with E-state index in [9.17, 15) is 13.2 Å². The first-order valence-electron chi connectivity index (χ1n) is 9.93. The summed E-state index contributed by atoms with van der Waals surface area (Å²) >= 11 is 0. The fourth-order valence-electron chi connectivity index (χ4n) is 3.36. The molecular weight excluding hydrogens is 406 g/mol. The summed E-state index contributed by atoms with van der Waals surface area (Å²) in [4.78, 5) is 16.9. The second-order valence-corrected chi connectivity index (χ2v) is 9.03. The highest BCUT2D eigenvalue weighted by atomic mass is 32.2. The molecule has 0 spiro atoms. The molecule has 1 fully saturated rings. The summed E-state index contributed by atoms with van der Waals surface area (Å²) in [5, 5.41) is 2.76. The standard InChI is InChI=1S/C21H27N3O5S/c1-16-6-3-4-13-24(16)30(26,27)18-10-8-17(9-11-18)20(25)23-19-7-5-12-22-21(19)29-15-14-28-2/h5,7-12,16H,3-4,6,13-15H2,1-2H3,(H,23,25). The Labute approximate surface area is 177 Å². The molecule has 3 rings (SSSR count). The summed E-state index contributed by atoms with van der Waals surface area (Å²) in [7, 11) is -2.00. The zero-order chi connectivity index (χ0) is 21.6. The Morgan fingerprint density at radius 1 is 1.20 bits per heavy atom. The van der Waals surface area contributed by atoms with Gasteiger partial charge in [0.1, 0.15) is 12.3 Å². The minimum absolute atomic E-state index is 0.0196. The number of amides is 1. The van der Waals surface area contributed by atoms with Crippen LogP contribution in [0.4, 0.5) is 5.69 Å². The third kappa shape index (κ3) is 5.16. The summed E-state index contributed by atoms with van der Waals surface area (Å²) in [6.07, 6.45) is 4.33. The van der Waals surface area contributed by atoms with E-state index in [4.69, 9.17) is 9.47 Å². The quantitative estimate of drug-likeness (QED) is 0.643. The maximum absolute atomic E-state index is 12.9. The van der Waals surface area contributed by atoms with E-state index < -0.39 is 10.0 Å². The molecule has 1 aliphatic rings. The van der Waals surface area contributed by atoms with Gasteiger partial charge in [-0.15, -0.1) is 0 Å². The molecule has 162 valence electrons. The molecule has 9 heteroatoms. The molecule has 0 bridgehead atoms. The van der Waals surface area contributed by atoms with Crippen molar-refractivity contribution in [3.8, 4) is 5.88 Å². The van der Waals surface area contributed by atoms with Crippen molar-refractivity contribution in [2.75, 3.05) is 32.2 Å². The van der Waals surface area contributed by atoms with Gasteiger partial charge in [-0.25, -0.2) is 13.4 Å². The van der Waals surface area contributed by atoms with Gasteiger partial charge in [-0.05, 0) is 56.2 Å². The van der Waals surface area contributed by atoms with Crippen LogP contribution in [0, 0.1) is 0 Å². The number of nitrogens with zero attached hydrogens (tertiary/aromatic N) is 2. The average Bonchev–Trinajstić information content (AvgIpc) is 2.75. The van der Waals surface area contributed by atoms with Crippen LogP contribution in [0.2, 0.25) is 0 Å². The topological polar surface area (TPSA) is 97.8 Å². The number of anilines is 1. The molecule has 1 amide bonds. The highest BCUT2D eigenvalue weighted by Gasteiger charge is 2.30. The predicted octanol–water partition coefficient (Wildman–Crippen LogP) is 2.92. The SMILES string of the molecule is COCCOc1ncccc1NC(=O)c1ccc(S(=O)(=O)N2CCCCC2C)cc1. The van der Waals surface area contributed by atoms with E-state index in [2.05, 4.69) is 10.3 Å². The van der Waals surface area contributed by atoms with Gasteiger partial charge in [0, 0.05) is 31.5 Å². The first kappa shape index (κ1) is 22.2. The first-order chi connectivity index (χ1) is 14.4. The van der Waals surface area contributed by atoms with E-state index >= 15 is 0 Å². The normalized spacial score (nSPS) is 17.5. The van der Waals surface area contributed by atoms with E-state index in [0.717, 1.165) is 19.3 Å². The van der Waals surface area contributed by atoms with Crippen molar-refractivity contribution in [2.45, 2.75) is 37.1 Å². The molecule has 1 N–H and O–H groups in total. The van der Waals surface area contributed by atoms with Gasteiger partial charge >= 0.3 is 0 Å². The molecule has 0 saturated carbocycles. The summed E-state index contributed by atoms with van der Waals surface area (Å²) in [6.45, 7) is 3.16. The minimum atomic E-state index is -3.57. The molecule has 2 heterocycles. The molecule has 0 radical (unpaired) electrons. The zero-order valence-corrected chi connectivity index (χ0v) is 18.0. The Morgan fingerprint density at radius 2 is 1.97 bits per heavy atom. The molecule has 1 aliphatic heterocycles. The lowest BCUT2D eigenvalue weighted by Gasteiger charge is -2.32. The molecule has 0 aliphatic carbocycles. The van der Waals surface area contributed by atoms with Crippen LogP contribution in [0.15, 0.2) is 47.5 Å². The van der Waals surface area contributed by atoms with Crippen molar-refractivity contribution in [1.82, 2.24) is 9.29 Å². The second kappa shape index (κ2) is 10.0. The van der Waals surface area contributed by atoms with E-state index in [1.54, 1.807) is 29.7 Å². The van der Waals surface area contributed by atoms with Gasteiger partial charge in [0.25, 0.3) is 5.91 Å². The number of rotatable bonds is 8. The van der Waals surface area contributed by atoms with Crippen LogP contribution in [-0.4, -0.2) is 56.5 Å². The molecule has 30 heavy (non-hydrogen) atoms. The summed E-state index contributed by atoms with van der Waals surface area (Å²) < 4.78 is 37.9. The van der Waals surface area contributed by atoms with Crippen LogP contribution >= 0.6 is 0 Å². The number of carbonyl (C=O) groups excluding carboxylic acids is 1. The second-order valence-electron chi connectivity index (χ2n) is 7.14. The first-order valence-corrected chi connectivity index (χ1v) is 11.4. The molecule has 1 atom stereocenters. The van der Waals surface area contributed by atoms with Crippen molar-refractivity contribution >= 4 is 21.6 Å². The van der Waals surface area contributed by atoms with Crippen LogP contribution < -0.4 is 10.1 Å². The summed E-state index contributed by atoms with van der Waals surface area (Å²) in [5.41, 5.74) is 0.768. The number of sulfonamides is 1. The summed E-state index contributed by atoms with van der Waals surface area (Å²) in [5.74, 6) is -0.0870. The van der Waals surface area contributed by atoms with E-state index in [1.807, 2.05) is 6.92 Å². The lowest BCUT2D eigenvalue weighted by Crippen LogP contribution is -2.41. The number of piperidine rings is 1. The van der Waals surface area contributed by atoms with Crippen molar-refractivity contribution < 1.29 is 22.7 Å². The van der Waals surface area contributed by atoms with E-state index in [0.29, 0.717) is 36.9 Å². The number of methoxy groups -OCH3 is 1. The smallest absolute Gasteiger partial charge is 0.255 e. The Morgan fingerprint density at radius 3 is 2.67 bits per heavy atom. The van der Waals surface area contributed by atoms with Gasteiger partial charge in [-0.3, -0.25) is 4.79 Å². The van der Waals surface area contributed by atoms with Gasteiger partial charge in [0.2, 0.25) is 15.9 Å². The maximum Gasteiger partial charge on any atom is 0.255 e. The fourth-order valence-corrected chi connectivity index (χ4v) is 5.06. The fraction of sp³-hybridized carbons (Fsp3) is 0.429. The highest BCUT2D eigenvalue weighted by Crippen LogP contribution is 2.26. The predicted molar refractivity (Wildman–Crippen MR) is 113 cm³/mol.